The first-order chi connectivity index (χ1) is 6.42. The summed E-state index contributed by atoms with van der Waals surface area (Å²) in [6.45, 7) is 0. The topological polar surface area (TPSA) is 26.3 Å². The summed E-state index contributed by atoms with van der Waals surface area (Å²) in [6.07, 6.45) is -4.94. The van der Waals surface area contributed by atoms with E-state index in [0.29, 0.717) is 6.07 Å². The fourth-order valence-electron chi connectivity index (χ4n) is 0.741. The van der Waals surface area contributed by atoms with Gasteiger partial charge in [-0.3, -0.25) is 0 Å². The molecule has 0 fully saturated rings. The molecule has 76 valence electrons. The molecule has 7 heteroatoms. The van der Waals surface area contributed by atoms with E-state index in [1.54, 1.807) is 0 Å². The molecule has 0 aromatic heterocycles. The molecule has 1 aromatic carbocycles. The minimum atomic E-state index is -4.94. The van der Waals surface area contributed by atoms with Crippen molar-refractivity contribution in [1.29, 1.82) is 0 Å². The van der Waals surface area contributed by atoms with E-state index < -0.39 is 17.9 Å². The molecule has 0 saturated carbocycles. The summed E-state index contributed by atoms with van der Waals surface area (Å²) in [7, 11) is 0. The normalized spacial score (nSPS) is 11.1. The Hall–Kier alpha value is -1.24. The maximum atomic E-state index is 12.8. The molecule has 0 N–H and O–H groups in total. The van der Waals surface area contributed by atoms with Gasteiger partial charge in [0.15, 0.2) is 11.6 Å². The van der Waals surface area contributed by atoms with E-state index in [1.165, 1.54) is 0 Å². The van der Waals surface area contributed by atoms with Gasteiger partial charge >= 0.3 is 18.0 Å². The molecule has 1 rings (SSSR count). The highest BCUT2D eigenvalue weighted by molar-refractivity contribution is 7.65. The first-order valence-corrected chi connectivity index (χ1v) is 4.01. The van der Waals surface area contributed by atoms with Gasteiger partial charge in [0.25, 0.3) is 4.90 Å². The average Bonchev–Trinajstić information content (AvgIpc) is 2.06. The van der Waals surface area contributed by atoms with Crippen LogP contribution in [0.5, 0.6) is 5.75 Å². The lowest BCUT2D eigenvalue weighted by Crippen LogP contribution is -2.17. The second kappa shape index (κ2) is 3.87. The highest BCUT2D eigenvalue weighted by atomic mass is 32.1. The lowest BCUT2D eigenvalue weighted by Gasteiger charge is -2.08. The molecule has 0 radical (unpaired) electrons. The number of hydrogen-bond donors (Lipinski definition) is 0. The van der Waals surface area contributed by atoms with E-state index in [-0.39, 0.29) is 16.6 Å². The van der Waals surface area contributed by atoms with Gasteiger partial charge in [-0.15, -0.1) is 13.2 Å². The number of ether oxygens (including phenoxy) is 1. The molecule has 0 atom stereocenters. The third-order valence-electron chi connectivity index (χ3n) is 1.23. The summed E-state index contributed by atoms with van der Waals surface area (Å²) in [4.78, 5) is -0.0166. The molecule has 0 spiro atoms. The van der Waals surface area contributed by atoms with Gasteiger partial charge in [-0.1, -0.05) is 0 Å². The van der Waals surface area contributed by atoms with Gasteiger partial charge in [0, 0.05) is 16.3 Å². The van der Waals surface area contributed by atoms with Crippen molar-refractivity contribution in [1.82, 2.24) is 0 Å². The smallest absolute Gasteiger partial charge is 0.403 e. The van der Waals surface area contributed by atoms with Crippen LogP contribution < -0.4 is 4.74 Å². The molecule has 0 amide bonds. The fourth-order valence-corrected chi connectivity index (χ4v) is 1.02. The lowest BCUT2D eigenvalue weighted by molar-refractivity contribution is -0.275. The molecule has 0 bridgehead atoms. The Morgan fingerprint density at radius 2 is 1.93 bits per heavy atom. The summed E-state index contributed by atoms with van der Waals surface area (Å²) >= 11 is -0.0172. The zero-order valence-electron chi connectivity index (χ0n) is 6.47. The minimum Gasteiger partial charge on any atom is -0.403 e. The van der Waals surface area contributed by atoms with Gasteiger partial charge < -0.3 is 4.74 Å². The Labute approximate surface area is 80.0 Å². The summed E-state index contributed by atoms with van der Waals surface area (Å²) in [5.74, 6) is -2.17. The Kier molecular flexibility index (Phi) is 3.00. The van der Waals surface area contributed by atoms with Crippen LogP contribution in [0.25, 0.3) is 0 Å². The Bertz CT molecular complexity index is 350. The summed E-state index contributed by atoms with van der Waals surface area (Å²) < 4.78 is 61.2. The molecular weight excluding hydrogens is 224 g/mol. The van der Waals surface area contributed by atoms with Crippen molar-refractivity contribution < 1.29 is 26.5 Å². The maximum Gasteiger partial charge on any atom is 0.573 e. The van der Waals surface area contributed by atoms with Crippen LogP contribution in [0.1, 0.15) is 0 Å². The second-order valence-electron chi connectivity index (χ2n) is 2.22. The largest absolute Gasteiger partial charge is 0.573 e. The zero-order valence-corrected chi connectivity index (χ0v) is 7.29. The molecule has 0 aliphatic rings. The van der Waals surface area contributed by atoms with E-state index in [4.69, 9.17) is 0 Å². The first kappa shape index (κ1) is 10.8. The van der Waals surface area contributed by atoms with Crippen LogP contribution >= 0.6 is 0 Å². The van der Waals surface area contributed by atoms with Crippen molar-refractivity contribution in [3.05, 3.63) is 24.0 Å². The predicted molar refractivity (Wildman–Crippen MR) is 39.4 cm³/mol. The van der Waals surface area contributed by atoms with Crippen LogP contribution in [-0.2, 0) is 15.9 Å². The van der Waals surface area contributed by atoms with Gasteiger partial charge in [-0.2, -0.15) is 0 Å². The van der Waals surface area contributed by atoms with E-state index >= 15 is 0 Å². The number of halogens is 4. The van der Waals surface area contributed by atoms with Crippen LogP contribution in [0.15, 0.2) is 23.1 Å². The van der Waals surface area contributed by atoms with Crippen molar-refractivity contribution in [2.24, 2.45) is 0 Å². The van der Waals surface area contributed by atoms with Crippen molar-refractivity contribution >= 4 is 11.7 Å². The predicted octanol–water partition coefficient (Wildman–Crippen LogP) is 2.51. The van der Waals surface area contributed by atoms with E-state index in [2.05, 4.69) is 4.74 Å². The van der Waals surface area contributed by atoms with E-state index in [0.717, 1.165) is 12.1 Å². The van der Waals surface area contributed by atoms with Crippen LogP contribution in [0.2, 0.25) is 0 Å². The average molecular weight is 227 g/mol. The van der Waals surface area contributed by atoms with Gasteiger partial charge in [-0.25, -0.2) is 4.39 Å². The number of alkyl halides is 3. The number of hydrogen-bond acceptors (Lipinski definition) is 2. The molecule has 0 heterocycles. The van der Waals surface area contributed by atoms with Gasteiger partial charge in [0.2, 0.25) is 0 Å². The summed E-state index contributed by atoms with van der Waals surface area (Å²) in [5.41, 5.74) is 0. The summed E-state index contributed by atoms with van der Waals surface area (Å²) in [6, 6.07) is 2.48. The van der Waals surface area contributed by atoms with Crippen LogP contribution in [0, 0.1) is 5.82 Å². The number of rotatable bonds is 2. The molecule has 2 nitrogen and oxygen atoms in total. The molecular formula is C7H3F4O2S+. The van der Waals surface area contributed by atoms with Crippen molar-refractivity contribution in [3.8, 4) is 5.75 Å². The first-order valence-electron chi connectivity index (χ1n) is 3.27. The molecule has 0 aliphatic heterocycles. The number of benzene rings is 1. The highest BCUT2D eigenvalue weighted by Crippen LogP contribution is 2.25. The molecule has 0 saturated heterocycles. The zero-order chi connectivity index (χ0) is 10.8. The van der Waals surface area contributed by atoms with Gasteiger partial charge in [0.05, 0.1) is 0 Å². The van der Waals surface area contributed by atoms with Gasteiger partial charge in [-0.05, 0) is 6.07 Å². The molecule has 14 heavy (non-hydrogen) atoms. The monoisotopic (exact) mass is 227 g/mol. The fraction of sp³-hybridized carbons (Fsp3) is 0.143. The van der Waals surface area contributed by atoms with Crippen LogP contribution in [-0.4, -0.2) is 6.36 Å². The summed E-state index contributed by atoms with van der Waals surface area (Å²) in [5, 5.41) is 0. The third kappa shape index (κ3) is 2.91. The Balaban J connectivity index is 2.95. The van der Waals surface area contributed by atoms with Crippen molar-refractivity contribution in [2.45, 2.75) is 11.3 Å². The quantitative estimate of drug-likeness (QED) is 0.573. The second-order valence-corrected chi connectivity index (χ2v) is 2.86. The van der Waals surface area contributed by atoms with Crippen molar-refractivity contribution in [3.63, 3.8) is 0 Å². The van der Waals surface area contributed by atoms with E-state index in [1.807, 2.05) is 0 Å². The Morgan fingerprint density at radius 3 is 2.36 bits per heavy atom. The highest BCUT2D eigenvalue weighted by Gasteiger charge is 2.32. The van der Waals surface area contributed by atoms with E-state index in [9.17, 15) is 21.8 Å². The maximum absolute atomic E-state index is 12.8. The SMILES string of the molecule is O=[S+]c1ccc(OC(F)(F)F)c(F)c1. The lowest BCUT2D eigenvalue weighted by atomic mass is 10.3. The van der Waals surface area contributed by atoms with Crippen LogP contribution in [0.4, 0.5) is 17.6 Å². The minimum absolute atomic E-state index is 0.0166. The van der Waals surface area contributed by atoms with Crippen molar-refractivity contribution in [2.75, 3.05) is 0 Å². The Morgan fingerprint density at radius 1 is 1.29 bits per heavy atom. The van der Waals surface area contributed by atoms with Crippen LogP contribution in [0.3, 0.4) is 0 Å². The molecule has 1 aromatic rings. The third-order valence-corrected chi connectivity index (χ3v) is 1.67. The van der Waals surface area contributed by atoms with Gasteiger partial charge in [0.1, 0.15) is 0 Å². The molecule has 0 unspecified atom stereocenters. The molecule has 0 aliphatic carbocycles. The standard InChI is InChI=1S/C7H3F4O2S/c8-5-3-4(14-12)1-2-6(5)13-7(9,10)11/h1-3H/q+1.